The molecule has 2 rings (SSSR count). The third-order valence-electron chi connectivity index (χ3n) is 3.62. The molecule has 0 amide bonds. The fourth-order valence-electron chi connectivity index (χ4n) is 2.30. The normalized spacial score (nSPS) is 12.4. The Morgan fingerprint density at radius 2 is 1.32 bits per heavy atom. The van der Waals surface area contributed by atoms with Crippen molar-refractivity contribution in [1.29, 1.82) is 0 Å². The van der Waals surface area contributed by atoms with Crippen molar-refractivity contribution < 1.29 is 26.3 Å². The maximum atomic E-state index is 12.9. The average molecular weight is 362 g/mol. The van der Waals surface area contributed by atoms with Crippen molar-refractivity contribution in [3.63, 3.8) is 0 Å². The van der Waals surface area contributed by atoms with Crippen LogP contribution in [0.2, 0.25) is 0 Å². The van der Waals surface area contributed by atoms with Crippen LogP contribution in [0.4, 0.5) is 26.3 Å². The third-order valence-corrected chi connectivity index (χ3v) is 3.62. The van der Waals surface area contributed by atoms with Crippen molar-refractivity contribution in [3.8, 4) is 11.4 Å². The molecule has 0 aliphatic heterocycles. The highest BCUT2D eigenvalue weighted by Gasteiger charge is 2.37. The van der Waals surface area contributed by atoms with Crippen LogP contribution in [0.1, 0.15) is 42.9 Å². The van der Waals surface area contributed by atoms with Gasteiger partial charge >= 0.3 is 12.4 Å². The van der Waals surface area contributed by atoms with E-state index in [9.17, 15) is 26.3 Å². The number of nitrogens with zero attached hydrogens (tertiary/aromatic N) is 2. The number of unbranched alkanes of at least 4 members (excludes halogenated alkanes) is 2. The predicted molar refractivity (Wildman–Crippen MR) is 80.7 cm³/mol. The lowest BCUT2D eigenvalue weighted by molar-refractivity contribution is -0.143. The molecule has 8 heteroatoms. The summed E-state index contributed by atoms with van der Waals surface area (Å²) >= 11 is 0. The van der Waals surface area contributed by atoms with E-state index in [1.807, 2.05) is 6.92 Å². The van der Waals surface area contributed by atoms with Gasteiger partial charge < -0.3 is 0 Å². The number of aryl methyl sites for hydroxylation is 1. The van der Waals surface area contributed by atoms with Gasteiger partial charge in [-0.05, 0) is 36.6 Å². The molecule has 0 unspecified atom stereocenters. The van der Waals surface area contributed by atoms with Crippen LogP contribution in [0, 0.1) is 0 Å². The number of hydrogen-bond acceptors (Lipinski definition) is 2. The second-order valence-electron chi connectivity index (χ2n) is 5.67. The molecule has 0 aliphatic rings. The molecule has 25 heavy (non-hydrogen) atoms. The Morgan fingerprint density at radius 3 is 1.76 bits per heavy atom. The van der Waals surface area contributed by atoms with Crippen molar-refractivity contribution >= 4 is 0 Å². The van der Waals surface area contributed by atoms with Gasteiger partial charge in [0.15, 0.2) is 5.82 Å². The first-order valence-corrected chi connectivity index (χ1v) is 7.72. The van der Waals surface area contributed by atoms with Crippen LogP contribution in [-0.2, 0) is 18.8 Å². The highest BCUT2D eigenvalue weighted by molar-refractivity contribution is 5.58. The Morgan fingerprint density at radius 1 is 0.800 bits per heavy atom. The minimum Gasteiger partial charge on any atom is -0.236 e. The topological polar surface area (TPSA) is 25.8 Å². The van der Waals surface area contributed by atoms with Crippen LogP contribution in [0.5, 0.6) is 0 Å². The summed E-state index contributed by atoms with van der Waals surface area (Å²) in [6.45, 7) is 2.05. The van der Waals surface area contributed by atoms with Gasteiger partial charge in [0.1, 0.15) is 0 Å². The molecule has 1 aromatic heterocycles. The van der Waals surface area contributed by atoms with Gasteiger partial charge in [-0.25, -0.2) is 9.97 Å². The zero-order valence-corrected chi connectivity index (χ0v) is 13.4. The molecule has 0 radical (unpaired) electrons. The van der Waals surface area contributed by atoms with Gasteiger partial charge in [0.25, 0.3) is 0 Å². The number of halogens is 6. The summed E-state index contributed by atoms with van der Waals surface area (Å²) in [5.41, 5.74) is -2.29. The molecular formula is C17H16F6N2. The number of rotatable bonds is 5. The van der Waals surface area contributed by atoms with Crippen LogP contribution in [0.15, 0.2) is 30.6 Å². The molecule has 0 spiro atoms. The Bertz CT molecular complexity index is 672. The summed E-state index contributed by atoms with van der Waals surface area (Å²) < 4.78 is 77.3. The van der Waals surface area contributed by atoms with E-state index in [-0.39, 0.29) is 17.5 Å². The average Bonchev–Trinajstić information content (AvgIpc) is 2.54. The molecule has 1 aromatic carbocycles. The second kappa shape index (κ2) is 7.41. The standard InChI is InChI=1S/C17H16F6N2/c1-2-3-4-5-11-9-24-15(25-10-11)12-6-13(16(18,19)20)8-14(7-12)17(21,22)23/h6-10H,2-5H2,1H3. The largest absolute Gasteiger partial charge is 0.416 e. The van der Waals surface area contributed by atoms with Gasteiger partial charge in [-0.1, -0.05) is 19.8 Å². The fourth-order valence-corrected chi connectivity index (χ4v) is 2.30. The fraction of sp³-hybridized carbons (Fsp3) is 0.412. The van der Waals surface area contributed by atoms with E-state index in [1.165, 1.54) is 12.4 Å². The Balaban J connectivity index is 2.37. The van der Waals surface area contributed by atoms with E-state index >= 15 is 0 Å². The van der Waals surface area contributed by atoms with E-state index in [0.717, 1.165) is 24.8 Å². The highest BCUT2D eigenvalue weighted by Crippen LogP contribution is 2.38. The van der Waals surface area contributed by atoms with Crippen molar-refractivity contribution in [2.45, 2.75) is 45.0 Å². The molecule has 0 fully saturated rings. The number of benzene rings is 1. The first-order chi connectivity index (χ1) is 11.6. The van der Waals surface area contributed by atoms with Crippen LogP contribution in [0.3, 0.4) is 0 Å². The first kappa shape index (κ1) is 19.2. The summed E-state index contributed by atoms with van der Waals surface area (Å²) in [7, 11) is 0. The lowest BCUT2D eigenvalue weighted by atomic mass is 10.0. The van der Waals surface area contributed by atoms with Gasteiger partial charge in [-0.3, -0.25) is 0 Å². The van der Waals surface area contributed by atoms with E-state index < -0.39 is 23.5 Å². The van der Waals surface area contributed by atoms with Gasteiger partial charge in [0.05, 0.1) is 11.1 Å². The van der Waals surface area contributed by atoms with Crippen LogP contribution >= 0.6 is 0 Å². The monoisotopic (exact) mass is 362 g/mol. The first-order valence-electron chi connectivity index (χ1n) is 7.72. The maximum absolute atomic E-state index is 12.9. The predicted octanol–water partition coefficient (Wildman–Crippen LogP) is 5.91. The van der Waals surface area contributed by atoms with Gasteiger partial charge in [0, 0.05) is 18.0 Å². The molecule has 0 saturated carbocycles. The second-order valence-corrected chi connectivity index (χ2v) is 5.67. The molecule has 0 aliphatic carbocycles. The number of aromatic nitrogens is 2. The third kappa shape index (κ3) is 5.17. The summed E-state index contributed by atoms with van der Waals surface area (Å²) in [4.78, 5) is 7.86. The van der Waals surface area contributed by atoms with Crippen LogP contribution in [-0.4, -0.2) is 9.97 Å². The Hall–Kier alpha value is -2.12. The zero-order chi connectivity index (χ0) is 18.7. The van der Waals surface area contributed by atoms with Crippen molar-refractivity contribution in [2.75, 3.05) is 0 Å². The Labute approximate surface area is 140 Å². The minimum atomic E-state index is -4.89. The molecule has 1 heterocycles. The zero-order valence-electron chi connectivity index (χ0n) is 13.4. The summed E-state index contributed by atoms with van der Waals surface area (Å²) in [6, 6.07) is 1.34. The van der Waals surface area contributed by atoms with E-state index in [0.29, 0.717) is 18.6 Å². The van der Waals surface area contributed by atoms with E-state index in [2.05, 4.69) is 9.97 Å². The quantitative estimate of drug-likeness (QED) is 0.488. The lowest BCUT2D eigenvalue weighted by Crippen LogP contribution is -2.11. The molecule has 0 bridgehead atoms. The molecule has 0 saturated heterocycles. The summed E-state index contributed by atoms with van der Waals surface area (Å²) in [6.07, 6.45) is -3.23. The SMILES string of the molecule is CCCCCc1cnc(-c2cc(C(F)(F)F)cc(C(F)(F)F)c2)nc1. The van der Waals surface area contributed by atoms with Crippen molar-refractivity contribution in [2.24, 2.45) is 0 Å². The van der Waals surface area contributed by atoms with Crippen LogP contribution in [0.25, 0.3) is 11.4 Å². The minimum absolute atomic E-state index is 0.0859. The van der Waals surface area contributed by atoms with Gasteiger partial charge in [-0.2, -0.15) is 26.3 Å². The molecule has 0 N–H and O–H groups in total. The highest BCUT2D eigenvalue weighted by atomic mass is 19.4. The van der Waals surface area contributed by atoms with E-state index in [1.54, 1.807) is 0 Å². The molecule has 136 valence electrons. The molecule has 2 aromatic rings. The molecule has 0 atom stereocenters. The van der Waals surface area contributed by atoms with Gasteiger partial charge in [0.2, 0.25) is 0 Å². The summed E-state index contributed by atoms with van der Waals surface area (Å²) in [5, 5.41) is 0. The van der Waals surface area contributed by atoms with Crippen molar-refractivity contribution in [1.82, 2.24) is 9.97 Å². The molecular weight excluding hydrogens is 346 g/mol. The summed E-state index contributed by atoms with van der Waals surface area (Å²) in [5.74, 6) is -0.171. The van der Waals surface area contributed by atoms with Crippen molar-refractivity contribution in [3.05, 3.63) is 47.3 Å². The lowest BCUT2D eigenvalue weighted by Gasteiger charge is -2.13. The van der Waals surface area contributed by atoms with Gasteiger partial charge in [-0.15, -0.1) is 0 Å². The number of hydrogen-bond donors (Lipinski definition) is 0. The molecule has 2 nitrogen and oxygen atoms in total. The Kier molecular flexibility index (Phi) is 5.69. The maximum Gasteiger partial charge on any atom is 0.416 e. The smallest absolute Gasteiger partial charge is 0.236 e. The number of alkyl halides is 6. The van der Waals surface area contributed by atoms with E-state index in [4.69, 9.17) is 0 Å². The van der Waals surface area contributed by atoms with Crippen LogP contribution < -0.4 is 0 Å².